The predicted molar refractivity (Wildman–Crippen MR) is 140 cm³/mol. The summed E-state index contributed by atoms with van der Waals surface area (Å²) in [4.78, 5) is 23.9. The van der Waals surface area contributed by atoms with Crippen molar-refractivity contribution < 1.29 is 14.3 Å². The molecule has 8 nitrogen and oxygen atoms in total. The number of rotatable bonds is 8. The fourth-order valence-corrected chi connectivity index (χ4v) is 3.97. The Morgan fingerprint density at radius 3 is 2.34 bits per heavy atom. The molecule has 4 rings (SSSR count). The fraction of sp³-hybridized carbons (Fsp3) is 0.296. The molecule has 1 amide bonds. The van der Waals surface area contributed by atoms with Gasteiger partial charge in [-0.3, -0.25) is 4.79 Å². The van der Waals surface area contributed by atoms with Crippen LogP contribution in [0.15, 0.2) is 54.6 Å². The first kappa shape index (κ1) is 24.1. The molecule has 8 heteroatoms. The molecule has 1 fully saturated rings. The molecular weight excluding hydrogens is 442 g/mol. The monoisotopic (exact) mass is 473 g/mol. The van der Waals surface area contributed by atoms with Crippen LogP contribution in [0.1, 0.15) is 30.5 Å². The number of benzene rings is 2. The van der Waals surface area contributed by atoms with Crippen molar-refractivity contribution >= 4 is 35.1 Å². The number of aromatic nitrogens is 2. The van der Waals surface area contributed by atoms with Gasteiger partial charge in [0.1, 0.15) is 5.82 Å². The molecule has 0 radical (unpaired) electrons. The summed E-state index contributed by atoms with van der Waals surface area (Å²) >= 11 is 0. The number of ether oxygens (including phenoxy) is 2. The number of nitrogens with one attached hydrogen (secondary N) is 2. The topological polar surface area (TPSA) is 88.6 Å². The summed E-state index contributed by atoms with van der Waals surface area (Å²) in [6, 6.07) is 15.0. The lowest BCUT2D eigenvalue weighted by atomic mass is 10.1. The Kier molecular flexibility index (Phi) is 7.82. The van der Waals surface area contributed by atoms with Gasteiger partial charge in [0, 0.05) is 42.3 Å². The molecule has 0 aliphatic carbocycles. The van der Waals surface area contributed by atoms with Gasteiger partial charge in [-0.2, -0.15) is 4.98 Å². The Bertz CT molecular complexity index is 1190. The third-order valence-electron chi connectivity index (χ3n) is 5.76. The zero-order valence-corrected chi connectivity index (χ0v) is 20.4. The molecule has 35 heavy (non-hydrogen) atoms. The molecule has 0 bridgehead atoms. The molecule has 3 aromatic rings. The average molecular weight is 474 g/mol. The normalized spacial score (nSPS) is 13.5. The van der Waals surface area contributed by atoms with E-state index in [1.54, 1.807) is 26.4 Å². The fourth-order valence-electron chi connectivity index (χ4n) is 3.97. The number of hydrogen-bond acceptors (Lipinski definition) is 7. The number of nitrogens with zero attached hydrogens (tertiary/aromatic N) is 3. The van der Waals surface area contributed by atoms with Gasteiger partial charge in [0.05, 0.1) is 14.2 Å². The van der Waals surface area contributed by atoms with Gasteiger partial charge < -0.3 is 25.0 Å². The van der Waals surface area contributed by atoms with Crippen LogP contribution in [0.5, 0.6) is 11.5 Å². The highest BCUT2D eigenvalue weighted by molar-refractivity contribution is 6.02. The van der Waals surface area contributed by atoms with Crippen molar-refractivity contribution in [3.05, 3.63) is 65.9 Å². The summed E-state index contributed by atoms with van der Waals surface area (Å²) < 4.78 is 10.5. The van der Waals surface area contributed by atoms with Crippen LogP contribution in [0, 0.1) is 6.92 Å². The van der Waals surface area contributed by atoms with Crippen LogP contribution in [-0.4, -0.2) is 43.2 Å². The van der Waals surface area contributed by atoms with E-state index in [0.717, 1.165) is 35.9 Å². The lowest BCUT2D eigenvalue weighted by Crippen LogP contribution is -2.30. The average Bonchev–Trinajstić information content (AvgIpc) is 2.88. The van der Waals surface area contributed by atoms with E-state index < -0.39 is 0 Å². The van der Waals surface area contributed by atoms with Gasteiger partial charge >= 0.3 is 0 Å². The van der Waals surface area contributed by atoms with Crippen LogP contribution in [0.25, 0.3) is 6.08 Å². The lowest BCUT2D eigenvalue weighted by Gasteiger charge is -2.28. The SMILES string of the molecule is COc1ccc(/C=C/C(=O)Nc2ccc(Nc3nc(C)cc(N4CCCCC4)n3)cc2)cc1OC. The molecule has 2 aromatic carbocycles. The Hall–Kier alpha value is -4.07. The molecule has 1 saturated heterocycles. The molecule has 182 valence electrons. The minimum Gasteiger partial charge on any atom is -0.493 e. The van der Waals surface area contributed by atoms with Gasteiger partial charge in [-0.15, -0.1) is 0 Å². The van der Waals surface area contributed by atoms with Crippen molar-refractivity contribution in [3.8, 4) is 11.5 Å². The van der Waals surface area contributed by atoms with E-state index in [1.807, 2.05) is 49.4 Å². The van der Waals surface area contributed by atoms with E-state index in [1.165, 1.54) is 25.3 Å². The van der Waals surface area contributed by atoms with E-state index in [9.17, 15) is 4.79 Å². The first-order valence-corrected chi connectivity index (χ1v) is 11.7. The molecule has 0 unspecified atom stereocenters. The summed E-state index contributed by atoms with van der Waals surface area (Å²) in [5.74, 6) is 2.55. The number of aryl methyl sites for hydroxylation is 1. The Morgan fingerprint density at radius 1 is 0.914 bits per heavy atom. The quantitative estimate of drug-likeness (QED) is 0.435. The standard InChI is InChI=1S/C27H31N5O3/c1-19-17-25(32-15-5-4-6-16-32)31-27(28-19)30-22-11-9-21(10-12-22)29-26(33)14-8-20-7-13-23(34-2)24(18-20)35-3/h7-14,17-18H,4-6,15-16H2,1-3H3,(H,29,33)(H,28,30,31)/b14-8+. The Labute approximate surface area is 206 Å². The van der Waals surface area contributed by atoms with Crippen LogP contribution in [0.3, 0.4) is 0 Å². The van der Waals surface area contributed by atoms with E-state index in [0.29, 0.717) is 23.1 Å². The van der Waals surface area contributed by atoms with Gasteiger partial charge in [-0.25, -0.2) is 4.98 Å². The highest BCUT2D eigenvalue weighted by Crippen LogP contribution is 2.28. The third kappa shape index (κ3) is 6.50. The minimum atomic E-state index is -0.228. The van der Waals surface area contributed by atoms with E-state index in [2.05, 4.69) is 20.5 Å². The summed E-state index contributed by atoms with van der Waals surface area (Å²) in [6.07, 6.45) is 6.88. The second-order valence-corrected chi connectivity index (χ2v) is 8.38. The van der Waals surface area contributed by atoms with Crippen molar-refractivity contribution in [2.45, 2.75) is 26.2 Å². The molecular formula is C27H31N5O3. The van der Waals surface area contributed by atoms with E-state index in [4.69, 9.17) is 14.5 Å². The molecule has 0 saturated carbocycles. The van der Waals surface area contributed by atoms with E-state index in [-0.39, 0.29) is 5.91 Å². The van der Waals surface area contributed by atoms with Gasteiger partial charge in [-0.1, -0.05) is 6.07 Å². The van der Waals surface area contributed by atoms with Crippen LogP contribution in [0.4, 0.5) is 23.1 Å². The van der Waals surface area contributed by atoms with Gasteiger partial charge in [-0.05, 0) is 74.2 Å². The van der Waals surface area contributed by atoms with Crippen molar-refractivity contribution in [3.63, 3.8) is 0 Å². The van der Waals surface area contributed by atoms with Gasteiger partial charge in [0.25, 0.3) is 0 Å². The van der Waals surface area contributed by atoms with Crippen molar-refractivity contribution in [2.75, 3.05) is 42.8 Å². The number of piperidine rings is 1. The zero-order chi connectivity index (χ0) is 24.6. The van der Waals surface area contributed by atoms with Crippen LogP contribution in [-0.2, 0) is 4.79 Å². The number of carbonyl (C=O) groups excluding carboxylic acids is 1. The molecule has 2 N–H and O–H groups in total. The maximum absolute atomic E-state index is 12.4. The number of methoxy groups -OCH3 is 2. The molecule has 1 aliphatic heterocycles. The maximum Gasteiger partial charge on any atom is 0.248 e. The van der Waals surface area contributed by atoms with Crippen LogP contribution in [0.2, 0.25) is 0 Å². The largest absolute Gasteiger partial charge is 0.493 e. The van der Waals surface area contributed by atoms with Crippen molar-refractivity contribution in [1.29, 1.82) is 0 Å². The second-order valence-electron chi connectivity index (χ2n) is 8.38. The highest BCUT2D eigenvalue weighted by atomic mass is 16.5. The third-order valence-corrected chi connectivity index (χ3v) is 5.76. The zero-order valence-electron chi connectivity index (χ0n) is 20.4. The second kappa shape index (κ2) is 11.4. The number of hydrogen-bond donors (Lipinski definition) is 2. The molecule has 2 heterocycles. The predicted octanol–water partition coefficient (Wildman–Crippen LogP) is 5.19. The molecule has 0 atom stereocenters. The van der Waals surface area contributed by atoms with Crippen LogP contribution >= 0.6 is 0 Å². The van der Waals surface area contributed by atoms with E-state index >= 15 is 0 Å². The number of carbonyl (C=O) groups is 1. The first-order valence-electron chi connectivity index (χ1n) is 11.7. The minimum absolute atomic E-state index is 0.228. The summed E-state index contributed by atoms with van der Waals surface area (Å²) in [5.41, 5.74) is 3.29. The lowest BCUT2D eigenvalue weighted by molar-refractivity contribution is -0.111. The Balaban J connectivity index is 1.36. The number of anilines is 4. The smallest absolute Gasteiger partial charge is 0.248 e. The van der Waals surface area contributed by atoms with Crippen molar-refractivity contribution in [1.82, 2.24) is 9.97 Å². The Morgan fingerprint density at radius 2 is 1.63 bits per heavy atom. The molecule has 1 aromatic heterocycles. The summed E-state index contributed by atoms with van der Waals surface area (Å²) in [6.45, 7) is 4.05. The van der Waals surface area contributed by atoms with Gasteiger partial charge in [0.15, 0.2) is 11.5 Å². The van der Waals surface area contributed by atoms with Crippen LogP contribution < -0.4 is 25.0 Å². The van der Waals surface area contributed by atoms with Gasteiger partial charge in [0.2, 0.25) is 11.9 Å². The maximum atomic E-state index is 12.4. The molecule has 1 aliphatic rings. The number of amides is 1. The highest BCUT2D eigenvalue weighted by Gasteiger charge is 2.14. The summed E-state index contributed by atoms with van der Waals surface area (Å²) in [5, 5.41) is 6.14. The first-order chi connectivity index (χ1) is 17.0. The van der Waals surface area contributed by atoms with Crippen molar-refractivity contribution in [2.24, 2.45) is 0 Å². The summed E-state index contributed by atoms with van der Waals surface area (Å²) in [7, 11) is 3.16. The molecule has 0 spiro atoms.